The van der Waals surface area contributed by atoms with Crippen molar-refractivity contribution in [3.8, 4) is 0 Å². The molecule has 6 nitrogen and oxygen atoms in total. The summed E-state index contributed by atoms with van der Waals surface area (Å²) in [5.41, 5.74) is 0. The maximum Gasteiger partial charge on any atom is 0.327 e. The molecule has 0 aromatic carbocycles. The summed E-state index contributed by atoms with van der Waals surface area (Å²) in [5.74, 6) is -2.67. The zero-order chi connectivity index (χ0) is 15.0. The Bertz CT molecular complexity index is 279. The van der Waals surface area contributed by atoms with Gasteiger partial charge in [0, 0.05) is 60.0 Å². The van der Waals surface area contributed by atoms with Gasteiger partial charge in [-0.05, 0) is 20.8 Å². The minimum Gasteiger partial charge on any atom is -0.478 e. The monoisotopic (exact) mass is 398 g/mol. The second-order valence-corrected chi connectivity index (χ2v) is 2.51. The normalized spacial score (nSPS) is 9.00. The van der Waals surface area contributed by atoms with Crippen molar-refractivity contribution in [2.45, 2.75) is 20.8 Å². The standard InChI is InChI=1S/3C4H6O2.Ce/c3*1-2-3-4(5)6;/h3*2-3H,1H3,(H,5,6);. The van der Waals surface area contributed by atoms with Crippen LogP contribution in [0.3, 0.4) is 0 Å². The van der Waals surface area contributed by atoms with Crippen LogP contribution in [0, 0.1) is 41.7 Å². The van der Waals surface area contributed by atoms with E-state index in [4.69, 9.17) is 15.3 Å². The molecule has 0 fully saturated rings. The summed E-state index contributed by atoms with van der Waals surface area (Å²) in [4.78, 5) is 28.5. The number of carbonyl (C=O) groups is 3. The average Bonchev–Trinajstić information content (AvgIpc) is 2.18. The quantitative estimate of drug-likeness (QED) is 0.627. The third-order valence-electron chi connectivity index (χ3n) is 0.928. The molecule has 0 saturated carbocycles. The Labute approximate surface area is 145 Å². The molecule has 7 heteroatoms. The fraction of sp³-hybridized carbons (Fsp3) is 0.250. The summed E-state index contributed by atoms with van der Waals surface area (Å²) >= 11 is 0. The van der Waals surface area contributed by atoms with Gasteiger partial charge in [0.2, 0.25) is 0 Å². The van der Waals surface area contributed by atoms with Crippen molar-refractivity contribution in [1.29, 1.82) is 0 Å². The summed E-state index contributed by atoms with van der Waals surface area (Å²) in [6, 6.07) is 0. The molecule has 0 aliphatic heterocycles. The van der Waals surface area contributed by atoms with Crippen LogP contribution in [-0.2, 0) is 14.4 Å². The minimum atomic E-state index is -0.891. The molecule has 0 bridgehead atoms. The second-order valence-electron chi connectivity index (χ2n) is 2.51. The zero-order valence-corrected chi connectivity index (χ0v) is 14.2. The fourth-order valence-corrected chi connectivity index (χ4v) is 0.428. The van der Waals surface area contributed by atoms with Crippen LogP contribution in [0.4, 0.5) is 0 Å². The summed E-state index contributed by atoms with van der Waals surface area (Å²) in [6.45, 7) is 4.98. The van der Waals surface area contributed by atoms with Crippen LogP contribution < -0.4 is 0 Å². The van der Waals surface area contributed by atoms with Gasteiger partial charge in [0.05, 0.1) is 0 Å². The third kappa shape index (κ3) is 59.7. The Morgan fingerprint density at radius 3 is 0.789 bits per heavy atom. The van der Waals surface area contributed by atoms with Gasteiger partial charge >= 0.3 is 17.9 Å². The predicted molar refractivity (Wildman–Crippen MR) is 67.3 cm³/mol. The van der Waals surface area contributed by atoms with Crippen molar-refractivity contribution < 1.29 is 71.5 Å². The number of carboxylic acid groups (broad SMARTS) is 3. The number of carboxylic acids is 3. The smallest absolute Gasteiger partial charge is 0.327 e. The van der Waals surface area contributed by atoms with Gasteiger partial charge in [0.1, 0.15) is 0 Å². The van der Waals surface area contributed by atoms with Crippen molar-refractivity contribution in [2.75, 3.05) is 0 Å². The number of hydrogen-bond acceptors (Lipinski definition) is 3. The van der Waals surface area contributed by atoms with Crippen LogP contribution in [0.15, 0.2) is 36.5 Å². The van der Waals surface area contributed by atoms with Gasteiger partial charge in [-0.3, -0.25) is 0 Å². The first kappa shape index (κ1) is 26.5. The van der Waals surface area contributed by atoms with E-state index in [0.717, 1.165) is 18.2 Å². The van der Waals surface area contributed by atoms with Crippen LogP contribution in [0.25, 0.3) is 0 Å². The summed E-state index contributed by atoms with van der Waals surface area (Å²) in [5, 5.41) is 23.5. The molecule has 106 valence electrons. The Hall–Kier alpha value is -0.993. The van der Waals surface area contributed by atoms with Crippen molar-refractivity contribution in [1.82, 2.24) is 0 Å². The summed E-state index contributed by atoms with van der Waals surface area (Å²) in [7, 11) is 0. The van der Waals surface area contributed by atoms with E-state index in [1.54, 1.807) is 20.8 Å². The van der Waals surface area contributed by atoms with Gasteiger partial charge in [0.15, 0.2) is 0 Å². The minimum absolute atomic E-state index is 0. The predicted octanol–water partition coefficient (Wildman–Crippen LogP) is 1.94. The number of aliphatic carboxylic acids is 3. The molecule has 0 radical (unpaired) electrons. The molecule has 3 N–H and O–H groups in total. The molecule has 0 spiro atoms. The van der Waals surface area contributed by atoms with Crippen molar-refractivity contribution in [2.24, 2.45) is 0 Å². The van der Waals surface area contributed by atoms with E-state index in [-0.39, 0.29) is 41.7 Å². The van der Waals surface area contributed by atoms with Gasteiger partial charge < -0.3 is 15.3 Å². The molecular weight excluding hydrogens is 380 g/mol. The van der Waals surface area contributed by atoms with Gasteiger partial charge in [-0.1, -0.05) is 18.2 Å². The van der Waals surface area contributed by atoms with Gasteiger partial charge in [-0.2, -0.15) is 0 Å². The summed E-state index contributed by atoms with van der Waals surface area (Å²) < 4.78 is 0. The molecule has 0 aromatic rings. The maximum absolute atomic E-state index is 9.51. The Morgan fingerprint density at radius 1 is 0.632 bits per heavy atom. The van der Waals surface area contributed by atoms with Crippen molar-refractivity contribution >= 4 is 17.9 Å². The first-order valence-corrected chi connectivity index (χ1v) is 4.88. The molecule has 19 heavy (non-hydrogen) atoms. The average molecular weight is 398 g/mol. The van der Waals surface area contributed by atoms with Crippen molar-refractivity contribution in [3.05, 3.63) is 36.5 Å². The zero-order valence-electron chi connectivity index (χ0n) is 11.0. The van der Waals surface area contributed by atoms with Crippen LogP contribution in [0.2, 0.25) is 0 Å². The maximum atomic E-state index is 9.51. The van der Waals surface area contributed by atoms with Gasteiger partial charge in [-0.15, -0.1) is 0 Å². The first-order valence-electron chi connectivity index (χ1n) is 4.88. The fourth-order valence-electron chi connectivity index (χ4n) is 0.428. The van der Waals surface area contributed by atoms with E-state index in [0.29, 0.717) is 0 Å². The number of rotatable bonds is 3. The molecule has 0 rings (SSSR count). The molecule has 0 unspecified atom stereocenters. The molecular formula is C12H18CeO6. The molecule has 0 aliphatic rings. The molecule has 0 heterocycles. The van der Waals surface area contributed by atoms with E-state index in [1.807, 2.05) is 0 Å². The SMILES string of the molecule is CC=CC(=O)O.CC=CC(=O)O.CC=CC(=O)O.[Ce]. The number of hydrogen-bond donors (Lipinski definition) is 3. The van der Waals surface area contributed by atoms with Gasteiger partial charge in [0.25, 0.3) is 0 Å². The Kier molecular flexibility index (Phi) is 31.0. The number of allylic oxidation sites excluding steroid dienone is 3. The molecule has 0 saturated heterocycles. The molecule has 0 amide bonds. The van der Waals surface area contributed by atoms with E-state index in [2.05, 4.69) is 0 Å². The van der Waals surface area contributed by atoms with E-state index in [9.17, 15) is 14.4 Å². The van der Waals surface area contributed by atoms with Crippen LogP contribution in [0.1, 0.15) is 20.8 Å². The van der Waals surface area contributed by atoms with E-state index in [1.165, 1.54) is 18.2 Å². The molecule has 0 aliphatic carbocycles. The van der Waals surface area contributed by atoms with Crippen LogP contribution >= 0.6 is 0 Å². The van der Waals surface area contributed by atoms with Crippen LogP contribution in [-0.4, -0.2) is 33.2 Å². The van der Waals surface area contributed by atoms with Crippen LogP contribution in [0.5, 0.6) is 0 Å². The Balaban J connectivity index is -0.0000000865. The first-order chi connectivity index (χ1) is 8.31. The molecule has 0 aromatic heterocycles. The van der Waals surface area contributed by atoms with E-state index >= 15 is 0 Å². The second kappa shape index (κ2) is 22.2. The Morgan fingerprint density at radius 2 is 0.789 bits per heavy atom. The van der Waals surface area contributed by atoms with Crippen molar-refractivity contribution in [3.63, 3.8) is 0 Å². The molecule has 0 atom stereocenters. The topological polar surface area (TPSA) is 112 Å². The van der Waals surface area contributed by atoms with E-state index < -0.39 is 17.9 Å². The third-order valence-corrected chi connectivity index (χ3v) is 0.928. The largest absolute Gasteiger partial charge is 0.478 e. The summed E-state index contributed by atoms with van der Waals surface area (Å²) in [6.07, 6.45) is 7.67. The van der Waals surface area contributed by atoms with Gasteiger partial charge in [-0.25, -0.2) is 14.4 Å².